The molecule has 0 saturated heterocycles. The molecule has 2 aliphatic carbocycles. The van der Waals surface area contributed by atoms with Gasteiger partial charge >= 0.3 is 5.97 Å². The van der Waals surface area contributed by atoms with Crippen LogP contribution in [0.25, 0.3) is 5.76 Å². The number of esters is 1. The lowest BCUT2D eigenvalue weighted by molar-refractivity contribution is -0.152. The summed E-state index contributed by atoms with van der Waals surface area (Å²) in [6.07, 6.45) is 2.88. The molecule has 174 valence electrons. The van der Waals surface area contributed by atoms with Crippen molar-refractivity contribution in [2.75, 3.05) is 0 Å². The van der Waals surface area contributed by atoms with Gasteiger partial charge in [0.15, 0.2) is 5.76 Å². The molecule has 1 heterocycles. The fourth-order valence-corrected chi connectivity index (χ4v) is 6.26. The van der Waals surface area contributed by atoms with Crippen LogP contribution in [0.15, 0.2) is 77.7 Å². The van der Waals surface area contributed by atoms with E-state index in [4.69, 9.17) is 15.2 Å². The Morgan fingerprint density at radius 3 is 2.29 bits per heavy atom. The summed E-state index contributed by atoms with van der Waals surface area (Å²) >= 11 is 0. The third-order valence-corrected chi connectivity index (χ3v) is 8.77. The molecule has 0 amide bonds. The van der Waals surface area contributed by atoms with Crippen LogP contribution in [-0.2, 0) is 14.3 Å². The molecule has 0 unspecified atom stereocenters. The second-order valence-corrected chi connectivity index (χ2v) is 10.4. The van der Waals surface area contributed by atoms with Gasteiger partial charge in [-0.05, 0) is 36.2 Å². The number of nitrogens with zero attached hydrogens (tertiary/aromatic N) is 1. The Morgan fingerprint density at radius 1 is 1.09 bits per heavy atom. The van der Waals surface area contributed by atoms with Gasteiger partial charge in [-0.3, -0.25) is 0 Å². The second kappa shape index (κ2) is 8.06. The summed E-state index contributed by atoms with van der Waals surface area (Å²) < 4.78 is 12.2. The van der Waals surface area contributed by atoms with Gasteiger partial charge in [-0.25, -0.2) is 4.79 Å². The normalized spacial score (nSPS) is 29.5. The molecule has 0 aromatic heterocycles. The molecule has 5 heteroatoms. The Kier molecular flexibility index (Phi) is 5.28. The zero-order valence-corrected chi connectivity index (χ0v) is 19.9. The first-order valence-corrected chi connectivity index (χ1v) is 11.9. The van der Waals surface area contributed by atoms with Crippen LogP contribution < -0.4 is 5.73 Å². The summed E-state index contributed by atoms with van der Waals surface area (Å²) in [5.41, 5.74) is 8.51. The number of hydrogen-bond donors (Lipinski definition) is 1. The largest absolute Gasteiger partial charge is 0.458 e. The molecular formula is C29H30N2O3. The molecule has 2 saturated carbocycles. The fraction of sp³-hybridized carbons (Fsp3) is 0.379. The Bertz CT molecular complexity index is 1220. The minimum Gasteiger partial charge on any atom is -0.458 e. The monoisotopic (exact) mass is 454 g/mol. The predicted molar refractivity (Wildman–Crippen MR) is 130 cm³/mol. The molecule has 1 aliphatic heterocycles. The molecule has 2 bridgehead atoms. The highest BCUT2D eigenvalue weighted by molar-refractivity contribution is 5.94. The number of nitriles is 1. The number of nitrogens with two attached hydrogens (primary N) is 1. The summed E-state index contributed by atoms with van der Waals surface area (Å²) in [5.74, 6) is -0.264. The van der Waals surface area contributed by atoms with Crippen molar-refractivity contribution in [2.45, 2.75) is 52.1 Å². The Balaban J connectivity index is 1.55. The molecule has 34 heavy (non-hydrogen) atoms. The Hall–Kier alpha value is -3.52. The maximum absolute atomic E-state index is 13.7. The zero-order valence-electron chi connectivity index (χ0n) is 19.9. The van der Waals surface area contributed by atoms with Crippen molar-refractivity contribution >= 4 is 11.7 Å². The van der Waals surface area contributed by atoms with Gasteiger partial charge in [-0.15, -0.1) is 0 Å². The molecule has 0 spiro atoms. The van der Waals surface area contributed by atoms with Crippen LogP contribution in [0.5, 0.6) is 0 Å². The number of ether oxygens (including phenoxy) is 2. The first kappa shape index (κ1) is 22.3. The summed E-state index contributed by atoms with van der Waals surface area (Å²) in [6.45, 7) is 6.80. The summed E-state index contributed by atoms with van der Waals surface area (Å²) in [6, 6.07) is 21.2. The van der Waals surface area contributed by atoms with E-state index in [0.29, 0.717) is 17.3 Å². The second-order valence-electron chi connectivity index (χ2n) is 10.4. The lowest BCUT2D eigenvalue weighted by Crippen LogP contribution is -2.39. The number of carbonyl (C=O) groups is 1. The molecule has 2 fully saturated rings. The summed E-state index contributed by atoms with van der Waals surface area (Å²) in [4.78, 5) is 13.7. The van der Waals surface area contributed by atoms with E-state index >= 15 is 0 Å². The lowest BCUT2D eigenvalue weighted by Gasteiger charge is -2.39. The van der Waals surface area contributed by atoms with Gasteiger partial charge in [0, 0.05) is 11.0 Å². The molecule has 5 rings (SSSR count). The van der Waals surface area contributed by atoms with Gasteiger partial charge in [0.2, 0.25) is 5.88 Å². The van der Waals surface area contributed by atoms with E-state index in [1.807, 2.05) is 60.7 Å². The highest BCUT2D eigenvalue weighted by Gasteiger charge is 2.63. The van der Waals surface area contributed by atoms with Gasteiger partial charge in [-0.1, -0.05) is 81.4 Å². The van der Waals surface area contributed by atoms with Crippen molar-refractivity contribution < 1.29 is 14.3 Å². The van der Waals surface area contributed by atoms with Gasteiger partial charge in [-0.2, -0.15) is 5.26 Å². The minimum absolute atomic E-state index is 0.00993. The third-order valence-electron chi connectivity index (χ3n) is 8.77. The SMILES string of the molecule is CC1(C)[C@H]2CC[C@]1(C)[C@H](OC(=O)C1=C(N)OC(c3ccccc3)=C(C#N)[C@H]1c1ccccc1)C2. The van der Waals surface area contributed by atoms with Crippen LogP contribution in [-0.4, -0.2) is 12.1 Å². The van der Waals surface area contributed by atoms with E-state index in [0.717, 1.165) is 24.0 Å². The topological polar surface area (TPSA) is 85.3 Å². The number of carbonyl (C=O) groups excluding carboxylic acids is 1. The fourth-order valence-electron chi connectivity index (χ4n) is 6.26. The first-order chi connectivity index (χ1) is 16.3. The van der Waals surface area contributed by atoms with Crippen molar-refractivity contribution in [2.24, 2.45) is 22.5 Å². The average Bonchev–Trinajstić information content (AvgIpc) is 3.18. The molecule has 2 aromatic rings. The summed E-state index contributed by atoms with van der Waals surface area (Å²) in [5, 5.41) is 10.2. The molecule has 0 radical (unpaired) electrons. The van der Waals surface area contributed by atoms with Crippen molar-refractivity contribution in [1.29, 1.82) is 5.26 Å². The van der Waals surface area contributed by atoms with E-state index in [1.54, 1.807) is 0 Å². The Morgan fingerprint density at radius 2 is 1.74 bits per heavy atom. The van der Waals surface area contributed by atoms with Crippen molar-refractivity contribution in [3.05, 3.63) is 88.8 Å². The zero-order chi connectivity index (χ0) is 24.1. The summed E-state index contributed by atoms with van der Waals surface area (Å²) in [7, 11) is 0. The van der Waals surface area contributed by atoms with Gasteiger partial charge in [0.05, 0.1) is 17.6 Å². The number of hydrogen-bond acceptors (Lipinski definition) is 5. The molecule has 2 aromatic carbocycles. The van der Waals surface area contributed by atoms with E-state index in [2.05, 4.69) is 26.8 Å². The molecular weight excluding hydrogens is 424 g/mol. The van der Waals surface area contributed by atoms with E-state index in [-0.39, 0.29) is 28.4 Å². The standard InChI is InChI=1S/C29H30N2O3/c1-28(2)20-14-15-29(28,3)22(16-20)33-27(32)24-23(18-10-6-4-7-11-18)21(17-30)25(34-26(24)31)19-12-8-5-9-13-19/h4-13,20,22-23H,14-16,31H2,1-3H3/t20-,22+,23+,29+/m0/s1. The van der Waals surface area contributed by atoms with Gasteiger partial charge < -0.3 is 15.2 Å². The number of rotatable bonds is 4. The van der Waals surface area contributed by atoms with Crippen LogP contribution in [0.2, 0.25) is 0 Å². The molecule has 4 atom stereocenters. The van der Waals surface area contributed by atoms with Gasteiger partial charge in [0.25, 0.3) is 0 Å². The Labute approximate surface area is 200 Å². The smallest absolute Gasteiger partial charge is 0.340 e. The van der Waals surface area contributed by atoms with E-state index in [1.165, 1.54) is 6.42 Å². The lowest BCUT2D eigenvalue weighted by atomic mass is 9.70. The molecule has 5 nitrogen and oxygen atoms in total. The molecule has 3 aliphatic rings. The van der Waals surface area contributed by atoms with Crippen LogP contribution in [0.1, 0.15) is 57.1 Å². The van der Waals surface area contributed by atoms with Crippen molar-refractivity contribution in [1.82, 2.24) is 0 Å². The van der Waals surface area contributed by atoms with Crippen LogP contribution in [0.4, 0.5) is 0 Å². The van der Waals surface area contributed by atoms with Gasteiger partial charge in [0.1, 0.15) is 11.7 Å². The quantitative estimate of drug-likeness (QED) is 0.602. The van der Waals surface area contributed by atoms with Crippen LogP contribution >= 0.6 is 0 Å². The highest BCUT2D eigenvalue weighted by atomic mass is 16.5. The number of fused-ring (bicyclic) bond motifs is 2. The highest BCUT2D eigenvalue weighted by Crippen LogP contribution is 2.66. The third kappa shape index (κ3) is 3.24. The first-order valence-electron chi connectivity index (χ1n) is 11.9. The van der Waals surface area contributed by atoms with E-state index in [9.17, 15) is 10.1 Å². The van der Waals surface area contributed by atoms with Crippen LogP contribution in [0, 0.1) is 28.1 Å². The minimum atomic E-state index is -0.665. The van der Waals surface area contributed by atoms with Crippen molar-refractivity contribution in [3.63, 3.8) is 0 Å². The number of allylic oxidation sites excluding steroid dienone is 1. The van der Waals surface area contributed by atoms with Crippen molar-refractivity contribution in [3.8, 4) is 6.07 Å². The van der Waals surface area contributed by atoms with E-state index < -0.39 is 11.9 Å². The molecule has 2 N–H and O–H groups in total. The van der Waals surface area contributed by atoms with Crippen LogP contribution in [0.3, 0.4) is 0 Å². The number of benzene rings is 2. The average molecular weight is 455 g/mol. The predicted octanol–water partition coefficient (Wildman–Crippen LogP) is 5.66. The maximum Gasteiger partial charge on any atom is 0.340 e. The maximum atomic E-state index is 13.7.